The van der Waals surface area contributed by atoms with Crippen LogP contribution in [0.1, 0.15) is 25.1 Å². The molecule has 0 aliphatic rings. The number of hydrogen-bond donors (Lipinski definition) is 1. The molecule has 0 radical (unpaired) electrons. The van der Waals surface area contributed by atoms with Crippen LogP contribution in [0.25, 0.3) is 5.69 Å². The molecule has 1 heterocycles. The summed E-state index contributed by atoms with van der Waals surface area (Å²) >= 11 is 0. The van der Waals surface area contributed by atoms with Gasteiger partial charge in [-0.3, -0.25) is 0 Å². The molecule has 0 fully saturated rings. The van der Waals surface area contributed by atoms with Crippen molar-refractivity contribution in [3.05, 3.63) is 35.7 Å². The van der Waals surface area contributed by atoms with Crippen LogP contribution in [-0.4, -0.2) is 28.6 Å². The maximum absolute atomic E-state index is 5.37. The zero-order valence-corrected chi connectivity index (χ0v) is 12.6. The maximum atomic E-state index is 5.37. The third kappa shape index (κ3) is 3.57. The van der Waals surface area contributed by atoms with Crippen molar-refractivity contribution in [1.82, 2.24) is 20.3 Å². The number of methoxy groups -OCH3 is 1. The van der Waals surface area contributed by atoms with Crippen LogP contribution in [0.15, 0.2) is 24.4 Å². The normalized spacial score (nSPS) is 11.1. The van der Waals surface area contributed by atoms with E-state index in [1.165, 1.54) is 0 Å². The smallest absolute Gasteiger partial charge is 0.144 e. The molecule has 0 atom stereocenters. The van der Waals surface area contributed by atoms with E-state index in [0.29, 0.717) is 5.92 Å². The molecule has 20 heavy (non-hydrogen) atoms. The molecule has 0 saturated heterocycles. The first-order chi connectivity index (χ1) is 9.60. The van der Waals surface area contributed by atoms with Crippen LogP contribution in [0.4, 0.5) is 0 Å². The van der Waals surface area contributed by atoms with Gasteiger partial charge in [-0.15, -0.1) is 5.10 Å². The van der Waals surface area contributed by atoms with E-state index in [1.54, 1.807) is 11.8 Å². The second kappa shape index (κ2) is 6.52. The van der Waals surface area contributed by atoms with Crippen molar-refractivity contribution in [3.63, 3.8) is 0 Å². The fraction of sp³-hybridized carbons (Fsp3) is 0.467. The molecule has 1 aromatic heterocycles. The van der Waals surface area contributed by atoms with Crippen LogP contribution in [0, 0.1) is 12.8 Å². The Morgan fingerprint density at radius 2 is 2.15 bits per heavy atom. The number of hydrogen-bond acceptors (Lipinski definition) is 4. The monoisotopic (exact) mass is 274 g/mol. The average Bonchev–Trinajstić information content (AvgIpc) is 2.87. The van der Waals surface area contributed by atoms with Gasteiger partial charge < -0.3 is 10.1 Å². The van der Waals surface area contributed by atoms with Gasteiger partial charge in [0.25, 0.3) is 0 Å². The zero-order chi connectivity index (χ0) is 14.5. The molecule has 0 aliphatic heterocycles. The number of nitrogens with one attached hydrogen (secondary N) is 1. The lowest BCUT2D eigenvalue weighted by molar-refractivity contribution is 0.411. The number of aromatic nitrogens is 3. The number of nitrogens with zero attached hydrogens (tertiary/aromatic N) is 3. The molecule has 2 rings (SSSR count). The summed E-state index contributed by atoms with van der Waals surface area (Å²) in [5, 5.41) is 11.7. The van der Waals surface area contributed by atoms with Gasteiger partial charge >= 0.3 is 0 Å². The van der Waals surface area contributed by atoms with Gasteiger partial charge in [-0.1, -0.05) is 25.1 Å². The number of aryl methyl sites for hydroxylation is 1. The van der Waals surface area contributed by atoms with Crippen LogP contribution in [0.2, 0.25) is 0 Å². The van der Waals surface area contributed by atoms with E-state index in [1.807, 2.05) is 31.3 Å². The highest BCUT2D eigenvalue weighted by Crippen LogP contribution is 2.23. The highest BCUT2D eigenvalue weighted by Gasteiger charge is 2.08. The lowest BCUT2D eigenvalue weighted by Gasteiger charge is -2.08. The van der Waals surface area contributed by atoms with Crippen molar-refractivity contribution < 1.29 is 4.74 Å². The number of ether oxygens (including phenoxy) is 1. The summed E-state index contributed by atoms with van der Waals surface area (Å²) < 4.78 is 7.13. The van der Waals surface area contributed by atoms with E-state index in [4.69, 9.17) is 4.74 Å². The predicted molar refractivity (Wildman–Crippen MR) is 79.2 cm³/mol. The summed E-state index contributed by atoms with van der Waals surface area (Å²) in [6, 6.07) is 6.01. The van der Waals surface area contributed by atoms with Crippen LogP contribution in [0.5, 0.6) is 5.75 Å². The minimum atomic E-state index is 0.627. The van der Waals surface area contributed by atoms with E-state index < -0.39 is 0 Å². The predicted octanol–water partition coefficient (Wildman–Crippen LogP) is 2.33. The average molecular weight is 274 g/mol. The Morgan fingerprint density at radius 1 is 1.35 bits per heavy atom. The van der Waals surface area contributed by atoms with E-state index >= 15 is 0 Å². The highest BCUT2D eigenvalue weighted by molar-refractivity contribution is 5.48. The van der Waals surface area contributed by atoms with Gasteiger partial charge in [0.05, 0.1) is 19.0 Å². The molecule has 0 saturated carbocycles. The minimum absolute atomic E-state index is 0.627. The van der Waals surface area contributed by atoms with Gasteiger partial charge in [0.1, 0.15) is 11.4 Å². The van der Waals surface area contributed by atoms with Crippen LogP contribution in [-0.2, 0) is 6.54 Å². The fourth-order valence-electron chi connectivity index (χ4n) is 1.97. The molecule has 0 bridgehead atoms. The summed E-state index contributed by atoms with van der Waals surface area (Å²) in [6.07, 6.45) is 1.94. The molecule has 5 nitrogen and oxygen atoms in total. The Balaban J connectivity index is 2.14. The Morgan fingerprint density at radius 3 is 2.85 bits per heavy atom. The molecule has 0 spiro atoms. The Bertz CT molecular complexity index is 563. The standard InChI is InChI=1S/C15H22N4O/c1-11(2)8-16-9-13-10-19(18-17-13)14-7-12(3)5-6-15(14)20-4/h5-7,10-11,16H,8-9H2,1-4H3. The third-order valence-electron chi connectivity index (χ3n) is 2.98. The first kappa shape index (κ1) is 14.5. The summed E-state index contributed by atoms with van der Waals surface area (Å²) in [5.41, 5.74) is 3.00. The SMILES string of the molecule is COc1ccc(C)cc1-n1cc(CNCC(C)C)nn1. The second-order valence-corrected chi connectivity index (χ2v) is 5.35. The fourth-order valence-corrected chi connectivity index (χ4v) is 1.97. The lowest BCUT2D eigenvalue weighted by atomic mass is 10.2. The summed E-state index contributed by atoms with van der Waals surface area (Å²) in [7, 11) is 1.66. The third-order valence-corrected chi connectivity index (χ3v) is 2.98. The summed E-state index contributed by atoms with van der Waals surface area (Å²) in [4.78, 5) is 0. The van der Waals surface area contributed by atoms with E-state index in [9.17, 15) is 0 Å². The molecule has 1 aromatic carbocycles. The molecule has 0 amide bonds. The Labute approximate surface area is 120 Å². The van der Waals surface area contributed by atoms with E-state index in [2.05, 4.69) is 29.5 Å². The first-order valence-electron chi connectivity index (χ1n) is 6.87. The quantitative estimate of drug-likeness (QED) is 0.878. The van der Waals surface area contributed by atoms with Crippen molar-refractivity contribution in [1.29, 1.82) is 0 Å². The Hall–Kier alpha value is -1.88. The van der Waals surface area contributed by atoms with Crippen molar-refractivity contribution in [3.8, 4) is 11.4 Å². The van der Waals surface area contributed by atoms with Crippen molar-refractivity contribution >= 4 is 0 Å². The molecule has 108 valence electrons. The van der Waals surface area contributed by atoms with Gasteiger partial charge in [0.2, 0.25) is 0 Å². The number of benzene rings is 1. The summed E-state index contributed by atoms with van der Waals surface area (Å²) in [6.45, 7) is 8.11. The molecule has 5 heteroatoms. The largest absolute Gasteiger partial charge is 0.494 e. The van der Waals surface area contributed by atoms with Gasteiger partial charge in [0.15, 0.2) is 0 Å². The van der Waals surface area contributed by atoms with Crippen molar-refractivity contribution in [2.45, 2.75) is 27.3 Å². The van der Waals surface area contributed by atoms with Crippen LogP contribution >= 0.6 is 0 Å². The lowest BCUT2D eigenvalue weighted by Crippen LogP contribution is -2.19. The molecular formula is C15H22N4O. The zero-order valence-electron chi connectivity index (χ0n) is 12.6. The maximum Gasteiger partial charge on any atom is 0.144 e. The van der Waals surface area contributed by atoms with Gasteiger partial charge in [-0.05, 0) is 37.1 Å². The second-order valence-electron chi connectivity index (χ2n) is 5.35. The Kier molecular flexibility index (Phi) is 4.74. The van der Waals surface area contributed by atoms with Gasteiger partial charge in [-0.2, -0.15) is 0 Å². The van der Waals surface area contributed by atoms with E-state index in [-0.39, 0.29) is 0 Å². The first-order valence-corrected chi connectivity index (χ1v) is 6.87. The van der Waals surface area contributed by atoms with Gasteiger partial charge in [0, 0.05) is 6.54 Å². The molecule has 2 aromatic rings. The minimum Gasteiger partial charge on any atom is -0.494 e. The topological polar surface area (TPSA) is 52.0 Å². The molecular weight excluding hydrogens is 252 g/mol. The van der Waals surface area contributed by atoms with Gasteiger partial charge in [-0.25, -0.2) is 4.68 Å². The molecule has 0 unspecified atom stereocenters. The van der Waals surface area contributed by atoms with E-state index in [0.717, 1.165) is 35.8 Å². The van der Waals surface area contributed by atoms with Crippen molar-refractivity contribution in [2.24, 2.45) is 5.92 Å². The van der Waals surface area contributed by atoms with Crippen molar-refractivity contribution in [2.75, 3.05) is 13.7 Å². The summed E-state index contributed by atoms with van der Waals surface area (Å²) in [5.74, 6) is 1.42. The van der Waals surface area contributed by atoms with Crippen LogP contribution in [0.3, 0.4) is 0 Å². The number of rotatable bonds is 6. The highest BCUT2D eigenvalue weighted by atomic mass is 16.5. The van der Waals surface area contributed by atoms with Crippen LogP contribution < -0.4 is 10.1 Å². The molecule has 1 N–H and O–H groups in total. The molecule has 0 aliphatic carbocycles.